The van der Waals surface area contributed by atoms with E-state index in [1.807, 2.05) is 11.3 Å². The molecule has 9 aromatic rings. The fourth-order valence-corrected chi connectivity index (χ4v) is 10.2. The zero-order valence-corrected chi connectivity index (χ0v) is 26.3. The van der Waals surface area contributed by atoms with E-state index in [0.717, 1.165) is 16.4 Å². The topological polar surface area (TPSA) is 27.7 Å². The zero-order valence-electron chi connectivity index (χ0n) is 23.8. The summed E-state index contributed by atoms with van der Waals surface area (Å²) in [7, 11) is -1.86. The Hall–Kier alpha value is -3.95. The fourth-order valence-electron chi connectivity index (χ4n) is 6.68. The second kappa shape index (κ2) is 10.3. The highest BCUT2D eigenvalue weighted by Crippen LogP contribution is 2.36. The third-order valence-electron chi connectivity index (χ3n) is 8.79. The molecule has 1 aliphatic rings. The molecule has 0 spiro atoms. The van der Waals surface area contributed by atoms with Crippen molar-refractivity contribution in [2.75, 3.05) is 0 Å². The second-order valence-corrected chi connectivity index (χ2v) is 14.6. The van der Waals surface area contributed by atoms with Gasteiger partial charge in [0.1, 0.15) is 0 Å². The van der Waals surface area contributed by atoms with Gasteiger partial charge in [0.05, 0.1) is 0 Å². The van der Waals surface area contributed by atoms with Crippen LogP contribution in [0, 0.1) is 0 Å². The molecule has 1 aliphatic heterocycles. The van der Waals surface area contributed by atoms with Gasteiger partial charge >= 0.3 is 21.4 Å². The Bertz CT molecular complexity index is 2470. The van der Waals surface area contributed by atoms with Gasteiger partial charge in [-0.05, 0) is 56.8 Å². The maximum atomic E-state index is 6.83. The van der Waals surface area contributed by atoms with E-state index in [1.54, 1.807) is 22.7 Å². The van der Waals surface area contributed by atoms with E-state index < -0.39 is 21.4 Å². The van der Waals surface area contributed by atoms with Gasteiger partial charge in [-0.2, -0.15) is 0 Å². The van der Waals surface area contributed by atoms with Gasteiger partial charge in [0.25, 0.3) is 0 Å². The van der Waals surface area contributed by atoms with Crippen molar-refractivity contribution in [2.45, 2.75) is 0 Å². The molecule has 6 aromatic carbocycles. The molecule has 0 atom stereocenters. The zero-order chi connectivity index (χ0) is 29.5. The summed E-state index contributed by atoms with van der Waals surface area (Å²) >= 11 is 5.39. The summed E-state index contributed by atoms with van der Waals surface area (Å²) in [5.74, 6) is 0. The molecule has 45 heavy (non-hydrogen) atoms. The Morgan fingerprint density at radius 1 is 0.356 bits per heavy atom. The Labute approximate surface area is 272 Å². The summed E-state index contributed by atoms with van der Waals surface area (Å²) in [6, 6.07) is 45.2. The van der Waals surface area contributed by atoms with Gasteiger partial charge in [-0.25, -0.2) is 0 Å². The number of fused-ring (bicyclic) bond motifs is 9. The van der Waals surface area contributed by atoms with Crippen molar-refractivity contribution in [3.8, 4) is 0 Å². The molecule has 0 saturated carbocycles. The molecule has 9 heteroatoms. The van der Waals surface area contributed by atoms with Crippen molar-refractivity contribution in [3.63, 3.8) is 0 Å². The van der Waals surface area contributed by atoms with Crippen LogP contribution in [-0.2, 0) is 13.7 Å². The van der Waals surface area contributed by atoms with Crippen LogP contribution in [0.15, 0.2) is 127 Å². The quantitative estimate of drug-likeness (QED) is 0.184. The summed E-state index contributed by atoms with van der Waals surface area (Å²) in [4.78, 5) is 0. The highest BCUT2D eigenvalue weighted by Gasteiger charge is 2.45. The molecule has 4 heterocycles. The van der Waals surface area contributed by atoms with Crippen LogP contribution in [0.2, 0.25) is 0 Å². The van der Waals surface area contributed by atoms with Crippen molar-refractivity contribution < 1.29 is 13.7 Å². The minimum Gasteiger partial charge on any atom is -0.445 e. The van der Waals surface area contributed by atoms with Crippen LogP contribution in [-0.4, -0.2) is 21.4 Å². The predicted octanol–water partition coefficient (Wildman–Crippen LogP) is 8.34. The fraction of sp³-hybridized carbons (Fsp3) is 0. The molecule has 0 amide bonds. The minimum absolute atomic E-state index is 0.619. The normalized spacial score (nSPS) is 14.3. The Kier molecular flexibility index (Phi) is 6.01. The number of benzene rings is 6. The molecule has 10 rings (SSSR count). The first-order chi connectivity index (χ1) is 22.3. The average molecular weight is 630 g/mol. The Balaban J connectivity index is 1.15. The van der Waals surface area contributed by atoms with Gasteiger partial charge in [0, 0.05) is 44.4 Å². The van der Waals surface area contributed by atoms with Crippen molar-refractivity contribution >= 4 is 132 Å². The first-order valence-electron chi connectivity index (χ1n) is 15.0. The lowest BCUT2D eigenvalue weighted by Crippen LogP contribution is -2.61. The van der Waals surface area contributed by atoms with Gasteiger partial charge in [0.2, 0.25) is 0 Å². The predicted molar refractivity (Wildman–Crippen MR) is 197 cm³/mol. The maximum absolute atomic E-state index is 6.83. The van der Waals surface area contributed by atoms with Crippen LogP contribution < -0.4 is 16.4 Å². The van der Waals surface area contributed by atoms with Crippen molar-refractivity contribution in [1.82, 2.24) is 0 Å². The lowest BCUT2D eigenvalue weighted by atomic mass is 9.61. The third kappa shape index (κ3) is 4.16. The summed E-state index contributed by atoms with van der Waals surface area (Å²) in [5.41, 5.74) is 3.03. The number of rotatable bonds is 3. The van der Waals surface area contributed by atoms with E-state index in [9.17, 15) is 0 Å². The van der Waals surface area contributed by atoms with Gasteiger partial charge < -0.3 is 13.7 Å². The Morgan fingerprint density at radius 2 is 0.800 bits per heavy atom. The molecule has 3 aromatic heterocycles. The van der Waals surface area contributed by atoms with Gasteiger partial charge in [-0.3, -0.25) is 0 Å². The van der Waals surface area contributed by atoms with Crippen LogP contribution in [0.3, 0.4) is 0 Å². The van der Waals surface area contributed by atoms with Gasteiger partial charge in [-0.1, -0.05) is 103 Å². The monoisotopic (exact) mass is 630 g/mol. The summed E-state index contributed by atoms with van der Waals surface area (Å²) in [6.07, 6.45) is 0. The second-order valence-electron chi connectivity index (χ2n) is 11.4. The van der Waals surface area contributed by atoms with Crippen molar-refractivity contribution in [3.05, 3.63) is 127 Å². The maximum Gasteiger partial charge on any atom is 0.468 e. The largest absolute Gasteiger partial charge is 0.468 e. The highest BCUT2D eigenvalue weighted by atomic mass is 32.1. The van der Waals surface area contributed by atoms with E-state index in [0.29, 0.717) is 0 Å². The molecule has 0 radical (unpaired) electrons. The number of hydrogen-bond acceptors (Lipinski definition) is 6. The van der Waals surface area contributed by atoms with Crippen LogP contribution >= 0.6 is 34.0 Å². The van der Waals surface area contributed by atoms with Crippen molar-refractivity contribution in [2.24, 2.45) is 0 Å². The lowest BCUT2D eigenvalue weighted by molar-refractivity contribution is 0.309. The molecule has 0 bridgehead atoms. The molecule has 0 N–H and O–H groups in total. The standard InChI is InChI=1S/C36H21B3O3S3/c1-5-17-32-23(9-1)26-12-7-14-29(35(26)44-32)38-40-37(22-19-20-34-28(21-22)25-11-3-4-16-31(25)43-34)41-39(42-38)30-15-8-13-27-24-10-2-6-18-33(24)45-36(27)30/h1-21H. The Morgan fingerprint density at radius 3 is 1.38 bits per heavy atom. The van der Waals surface area contributed by atoms with E-state index in [4.69, 9.17) is 13.7 Å². The molecule has 1 saturated heterocycles. The van der Waals surface area contributed by atoms with Gasteiger partial charge in [0.15, 0.2) is 0 Å². The van der Waals surface area contributed by atoms with Crippen molar-refractivity contribution in [1.29, 1.82) is 0 Å². The van der Waals surface area contributed by atoms with E-state index >= 15 is 0 Å². The molecular weight excluding hydrogens is 609 g/mol. The molecule has 3 nitrogen and oxygen atoms in total. The van der Waals surface area contributed by atoms with Crippen LogP contribution in [0.25, 0.3) is 60.5 Å². The van der Waals surface area contributed by atoms with E-state index in [1.165, 1.54) is 60.5 Å². The summed E-state index contributed by atoms with van der Waals surface area (Å²) < 4.78 is 27.8. The van der Waals surface area contributed by atoms with E-state index in [2.05, 4.69) is 127 Å². The molecule has 0 unspecified atom stereocenters. The molecule has 1 fully saturated rings. The van der Waals surface area contributed by atoms with Crippen LogP contribution in [0.5, 0.6) is 0 Å². The SMILES string of the molecule is c1ccc2c(c1)sc1ccc(B3OB(c4cccc5c4sc4ccccc45)OB(c4cccc5c4sc4ccccc45)O3)cc12. The first kappa shape index (κ1) is 26.3. The first-order valence-corrected chi connectivity index (χ1v) is 17.4. The van der Waals surface area contributed by atoms with Crippen LogP contribution in [0.1, 0.15) is 0 Å². The molecule has 0 aliphatic carbocycles. The van der Waals surface area contributed by atoms with Crippen LogP contribution in [0.4, 0.5) is 0 Å². The third-order valence-corrected chi connectivity index (χ3v) is 12.4. The number of hydrogen-bond donors (Lipinski definition) is 0. The summed E-state index contributed by atoms with van der Waals surface area (Å²) in [5, 5.41) is 7.42. The smallest absolute Gasteiger partial charge is 0.445 e. The molecular formula is C36H21B3O3S3. The highest BCUT2D eigenvalue weighted by molar-refractivity contribution is 7.28. The minimum atomic E-state index is -0.620. The summed E-state index contributed by atoms with van der Waals surface area (Å²) in [6.45, 7) is 0. The van der Waals surface area contributed by atoms with Gasteiger partial charge in [-0.15, -0.1) is 34.0 Å². The average Bonchev–Trinajstić information content (AvgIpc) is 3.79. The lowest BCUT2D eigenvalue weighted by Gasteiger charge is -2.32. The van der Waals surface area contributed by atoms with E-state index in [-0.39, 0.29) is 0 Å². The number of thiophene rings is 3. The molecule has 210 valence electrons.